The molecule has 2 heterocycles. The molecule has 7 heteroatoms. The van der Waals surface area contributed by atoms with Crippen molar-refractivity contribution in [1.29, 1.82) is 5.26 Å². The predicted octanol–water partition coefficient (Wildman–Crippen LogP) is 2.38. The molecule has 2 unspecified atom stereocenters. The van der Waals surface area contributed by atoms with Crippen LogP contribution in [-0.2, 0) is 10.3 Å². The average Bonchev–Trinajstić information content (AvgIpc) is 3.15. The third-order valence-corrected chi connectivity index (χ3v) is 4.16. The van der Waals surface area contributed by atoms with Crippen molar-refractivity contribution >= 4 is 0 Å². The SMILES string of the molecule is COC1(c2noc(-c3cn[nH]c3C#N)n2)CCCC(C)C1. The summed E-state index contributed by atoms with van der Waals surface area (Å²) in [6.45, 7) is 2.21. The van der Waals surface area contributed by atoms with Crippen molar-refractivity contribution in [1.82, 2.24) is 20.3 Å². The number of nitrogens with one attached hydrogen (secondary N) is 1. The summed E-state index contributed by atoms with van der Waals surface area (Å²) in [4.78, 5) is 4.45. The van der Waals surface area contributed by atoms with Crippen LogP contribution in [0.4, 0.5) is 0 Å². The molecule has 3 rings (SSSR count). The highest BCUT2D eigenvalue weighted by molar-refractivity contribution is 5.59. The van der Waals surface area contributed by atoms with Crippen LogP contribution in [0, 0.1) is 17.2 Å². The number of hydrogen-bond donors (Lipinski definition) is 1. The van der Waals surface area contributed by atoms with Gasteiger partial charge in [0.05, 0.1) is 11.8 Å². The van der Waals surface area contributed by atoms with Crippen LogP contribution in [0.5, 0.6) is 0 Å². The van der Waals surface area contributed by atoms with Gasteiger partial charge in [-0.3, -0.25) is 5.10 Å². The van der Waals surface area contributed by atoms with Crippen LogP contribution in [0.2, 0.25) is 0 Å². The van der Waals surface area contributed by atoms with Gasteiger partial charge >= 0.3 is 0 Å². The van der Waals surface area contributed by atoms with E-state index >= 15 is 0 Å². The molecule has 2 aromatic rings. The normalized spacial score (nSPS) is 25.7. The lowest BCUT2D eigenvalue weighted by Crippen LogP contribution is -2.35. The zero-order valence-corrected chi connectivity index (χ0v) is 12.1. The maximum Gasteiger partial charge on any atom is 0.262 e. The fourth-order valence-electron chi connectivity index (χ4n) is 3.03. The molecule has 110 valence electrons. The van der Waals surface area contributed by atoms with Gasteiger partial charge in [0.25, 0.3) is 5.89 Å². The standard InChI is InChI=1S/C14H17N5O2/c1-9-4-3-5-14(6-9,20-2)13-17-12(21-19-13)10-8-16-18-11(10)7-15/h8-9H,3-6H2,1-2H3,(H,16,18). The first-order valence-corrected chi connectivity index (χ1v) is 7.01. The van der Waals surface area contributed by atoms with Crippen LogP contribution in [0.3, 0.4) is 0 Å². The lowest BCUT2D eigenvalue weighted by molar-refractivity contribution is -0.0658. The third-order valence-electron chi connectivity index (χ3n) is 4.16. The molecule has 1 aliphatic carbocycles. The van der Waals surface area contributed by atoms with E-state index in [1.54, 1.807) is 7.11 Å². The Hall–Kier alpha value is -2.20. The van der Waals surface area contributed by atoms with E-state index in [4.69, 9.17) is 14.5 Å². The number of nitrogens with zero attached hydrogens (tertiary/aromatic N) is 4. The zero-order chi connectivity index (χ0) is 14.9. The fourth-order valence-corrected chi connectivity index (χ4v) is 3.03. The van der Waals surface area contributed by atoms with Crippen LogP contribution >= 0.6 is 0 Å². The topological polar surface area (TPSA) is 101 Å². The largest absolute Gasteiger partial charge is 0.370 e. The van der Waals surface area contributed by atoms with Gasteiger partial charge in [0.1, 0.15) is 17.4 Å². The molecule has 0 radical (unpaired) electrons. The first-order chi connectivity index (χ1) is 10.2. The Morgan fingerprint density at radius 3 is 3.14 bits per heavy atom. The maximum atomic E-state index is 9.02. The van der Waals surface area contributed by atoms with Gasteiger partial charge in [-0.2, -0.15) is 15.3 Å². The quantitative estimate of drug-likeness (QED) is 0.930. The summed E-state index contributed by atoms with van der Waals surface area (Å²) < 4.78 is 11.1. The molecule has 0 bridgehead atoms. The lowest BCUT2D eigenvalue weighted by atomic mass is 9.78. The second-order valence-corrected chi connectivity index (χ2v) is 5.59. The Morgan fingerprint density at radius 2 is 2.43 bits per heavy atom. The fraction of sp³-hybridized carbons (Fsp3) is 0.571. The van der Waals surface area contributed by atoms with E-state index in [9.17, 15) is 0 Å². The molecule has 1 saturated carbocycles. The summed E-state index contributed by atoms with van der Waals surface area (Å²) in [5.41, 5.74) is 0.343. The van der Waals surface area contributed by atoms with Crippen molar-refractivity contribution in [2.45, 2.75) is 38.2 Å². The number of rotatable bonds is 3. The summed E-state index contributed by atoms with van der Waals surface area (Å²) in [5, 5.41) is 19.5. The van der Waals surface area contributed by atoms with Crippen LogP contribution in [0.15, 0.2) is 10.7 Å². The van der Waals surface area contributed by atoms with E-state index in [2.05, 4.69) is 27.3 Å². The third kappa shape index (κ3) is 2.32. The van der Waals surface area contributed by atoms with Gasteiger partial charge in [0.15, 0.2) is 0 Å². The van der Waals surface area contributed by atoms with Crippen molar-refractivity contribution in [3.05, 3.63) is 17.7 Å². The molecule has 1 aliphatic rings. The van der Waals surface area contributed by atoms with E-state index in [0.29, 0.717) is 28.9 Å². The molecule has 7 nitrogen and oxygen atoms in total. The van der Waals surface area contributed by atoms with Gasteiger partial charge in [-0.1, -0.05) is 18.5 Å². The van der Waals surface area contributed by atoms with Crippen molar-refractivity contribution in [3.63, 3.8) is 0 Å². The molecule has 21 heavy (non-hydrogen) atoms. The number of aromatic amines is 1. The monoisotopic (exact) mass is 287 g/mol. The average molecular weight is 287 g/mol. The molecular formula is C14H17N5O2. The Labute approximate surface area is 122 Å². The van der Waals surface area contributed by atoms with Crippen molar-refractivity contribution in [3.8, 4) is 17.5 Å². The molecule has 0 spiro atoms. The van der Waals surface area contributed by atoms with Crippen LogP contribution in [-0.4, -0.2) is 27.4 Å². The number of aromatic nitrogens is 4. The second-order valence-electron chi connectivity index (χ2n) is 5.59. The highest BCUT2D eigenvalue weighted by atomic mass is 16.5. The second kappa shape index (κ2) is 5.30. The Kier molecular flexibility index (Phi) is 3.47. The molecule has 0 aromatic carbocycles. The van der Waals surface area contributed by atoms with Gasteiger partial charge in [-0.05, 0) is 25.2 Å². The van der Waals surface area contributed by atoms with E-state index in [0.717, 1.165) is 19.3 Å². The Bertz CT molecular complexity index is 671. The molecule has 0 saturated heterocycles. The molecule has 0 aliphatic heterocycles. The van der Waals surface area contributed by atoms with Crippen molar-refractivity contribution in [2.24, 2.45) is 5.92 Å². The van der Waals surface area contributed by atoms with Crippen LogP contribution < -0.4 is 0 Å². The Balaban J connectivity index is 1.96. The molecule has 2 aromatic heterocycles. The smallest absolute Gasteiger partial charge is 0.262 e. The van der Waals surface area contributed by atoms with E-state index in [1.165, 1.54) is 12.6 Å². The van der Waals surface area contributed by atoms with Gasteiger partial charge in [0.2, 0.25) is 5.82 Å². The summed E-state index contributed by atoms with van der Waals surface area (Å²) in [7, 11) is 1.69. The summed E-state index contributed by atoms with van der Waals surface area (Å²) in [6, 6.07) is 2.02. The van der Waals surface area contributed by atoms with Crippen molar-refractivity contribution < 1.29 is 9.26 Å². The van der Waals surface area contributed by atoms with Crippen molar-refractivity contribution in [2.75, 3.05) is 7.11 Å². The summed E-state index contributed by atoms with van der Waals surface area (Å²) >= 11 is 0. The number of ether oxygens (including phenoxy) is 1. The predicted molar refractivity (Wildman–Crippen MR) is 72.9 cm³/mol. The highest BCUT2D eigenvalue weighted by Crippen LogP contribution is 2.41. The van der Waals surface area contributed by atoms with E-state index in [-0.39, 0.29) is 0 Å². The van der Waals surface area contributed by atoms with Gasteiger partial charge in [0, 0.05) is 7.11 Å². The minimum absolute atomic E-state index is 0.296. The van der Waals surface area contributed by atoms with Crippen LogP contribution in [0.1, 0.15) is 44.1 Å². The highest BCUT2D eigenvalue weighted by Gasteiger charge is 2.41. The number of hydrogen-bond acceptors (Lipinski definition) is 6. The molecule has 2 atom stereocenters. The summed E-state index contributed by atoms with van der Waals surface area (Å²) in [6.07, 6.45) is 5.53. The first kappa shape index (κ1) is 13.8. The van der Waals surface area contributed by atoms with E-state index < -0.39 is 5.60 Å². The summed E-state index contributed by atoms with van der Waals surface area (Å²) in [5.74, 6) is 1.41. The molecular weight excluding hydrogens is 270 g/mol. The van der Waals surface area contributed by atoms with E-state index in [1.807, 2.05) is 6.07 Å². The molecule has 1 N–H and O–H groups in total. The first-order valence-electron chi connectivity index (χ1n) is 7.01. The van der Waals surface area contributed by atoms with Gasteiger partial charge < -0.3 is 9.26 Å². The number of methoxy groups -OCH3 is 1. The van der Waals surface area contributed by atoms with Gasteiger partial charge in [-0.15, -0.1) is 0 Å². The minimum Gasteiger partial charge on any atom is -0.370 e. The van der Waals surface area contributed by atoms with Crippen LogP contribution in [0.25, 0.3) is 11.5 Å². The zero-order valence-electron chi connectivity index (χ0n) is 12.1. The lowest BCUT2D eigenvalue weighted by Gasteiger charge is -2.36. The number of H-pyrrole nitrogens is 1. The molecule has 0 amide bonds. The minimum atomic E-state index is -0.490. The van der Waals surface area contributed by atoms with Gasteiger partial charge in [-0.25, -0.2) is 0 Å². The molecule has 1 fully saturated rings. The Morgan fingerprint density at radius 1 is 1.57 bits per heavy atom. The maximum absolute atomic E-state index is 9.02. The number of nitriles is 1.